The summed E-state index contributed by atoms with van der Waals surface area (Å²) < 4.78 is 5.38. The Bertz CT molecular complexity index is 883. The molecule has 0 radical (unpaired) electrons. The van der Waals surface area contributed by atoms with Crippen LogP contribution in [0.15, 0.2) is 54.7 Å². The molecule has 0 bridgehead atoms. The average molecular weight is 349 g/mol. The Morgan fingerprint density at radius 3 is 2.35 bits per heavy atom. The maximum Gasteiger partial charge on any atom is 0.313 e. The number of Topliss-reactive ketones (excluding diaryl/α,β-unsaturated/α-hetero) is 1. The minimum absolute atomic E-state index is 0.0371. The molecule has 2 aromatic carbocycles. The van der Waals surface area contributed by atoms with Crippen molar-refractivity contribution in [3.63, 3.8) is 0 Å². The number of benzene rings is 2. The van der Waals surface area contributed by atoms with Crippen LogP contribution in [0, 0.1) is 0 Å². The third-order valence-corrected chi connectivity index (χ3v) is 4.32. The highest BCUT2D eigenvalue weighted by atomic mass is 16.5. The highest BCUT2D eigenvalue weighted by Gasteiger charge is 2.28. The van der Waals surface area contributed by atoms with Crippen molar-refractivity contribution in [2.45, 2.75) is 26.3 Å². The van der Waals surface area contributed by atoms with Gasteiger partial charge in [-0.2, -0.15) is 0 Å². The summed E-state index contributed by atoms with van der Waals surface area (Å²) in [5, 5.41) is 0. The van der Waals surface area contributed by atoms with Gasteiger partial charge in [0.15, 0.2) is 5.78 Å². The van der Waals surface area contributed by atoms with Crippen LogP contribution < -0.4 is 4.74 Å². The molecule has 3 rings (SSSR count). The number of rotatable bonds is 4. The van der Waals surface area contributed by atoms with Gasteiger partial charge in [0.2, 0.25) is 5.91 Å². The van der Waals surface area contributed by atoms with Gasteiger partial charge in [-0.05, 0) is 48.4 Å². The molecule has 1 atom stereocenters. The van der Waals surface area contributed by atoms with E-state index in [0.717, 1.165) is 11.1 Å². The van der Waals surface area contributed by atoms with E-state index in [0.29, 0.717) is 11.3 Å². The summed E-state index contributed by atoms with van der Waals surface area (Å²) in [6.45, 7) is 2.95. The molecule has 5 heteroatoms. The fraction of sp³-hybridized carbons (Fsp3) is 0.190. The number of esters is 1. The van der Waals surface area contributed by atoms with Gasteiger partial charge in [0.1, 0.15) is 5.75 Å². The maximum atomic E-state index is 12.4. The Balaban J connectivity index is 1.77. The Kier molecular flexibility index (Phi) is 4.98. The van der Waals surface area contributed by atoms with Crippen LogP contribution in [0.4, 0.5) is 0 Å². The second kappa shape index (κ2) is 7.35. The minimum atomic E-state index is -0.443. The summed E-state index contributed by atoms with van der Waals surface area (Å²) in [5.74, 6) is -0.263. The zero-order chi connectivity index (χ0) is 18.7. The lowest BCUT2D eigenvalue weighted by Crippen LogP contribution is -2.33. The third-order valence-electron chi connectivity index (χ3n) is 4.32. The Hall–Kier alpha value is -3.21. The molecule has 132 valence electrons. The molecule has 1 aliphatic rings. The molecule has 2 aromatic rings. The van der Waals surface area contributed by atoms with Gasteiger partial charge < -0.3 is 9.64 Å². The van der Waals surface area contributed by atoms with Crippen molar-refractivity contribution in [1.82, 2.24) is 4.90 Å². The highest BCUT2D eigenvalue weighted by Crippen LogP contribution is 2.33. The van der Waals surface area contributed by atoms with Crippen LogP contribution in [0.1, 0.15) is 47.8 Å². The molecule has 0 saturated carbocycles. The van der Waals surface area contributed by atoms with E-state index in [2.05, 4.69) is 0 Å². The summed E-state index contributed by atoms with van der Waals surface area (Å²) in [6, 6.07) is 13.7. The van der Waals surface area contributed by atoms with E-state index < -0.39 is 12.0 Å². The molecule has 0 aliphatic carbocycles. The first-order chi connectivity index (χ1) is 12.5. The van der Waals surface area contributed by atoms with E-state index in [1.807, 2.05) is 30.3 Å². The van der Waals surface area contributed by atoms with Crippen LogP contribution in [-0.4, -0.2) is 22.6 Å². The molecule has 1 heterocycles. The monoisotopic (exact) mass is 349 g/mol. The zero-order valence-electron chi connectivity index (χ0n) is 14.6. The second-order valence-electron chi connectivity index (χ2n) is 6.15. The number of hydrogen-bond acceptors (Lipinski definition) is 4. The van der Waals surface area contributed by atoms with E-state index >= 15 is 0 Å². The number of nitrogens with zero attached hydrogens (tertiary/aromatic N) is 1. The van der Waals surface area contributed by atoms with Crippen LogP contribution in [0.3, 0.4) is 0 Å². The first kappa shape index (κ1) is 17.6. The average Bonchev–Trinajstić information content (AvgIpc) is 2.62. The van der Waals surface area contributed by atoms with E-state index in [4.69, 9.17) is 4.74 Å². The summed E-state index contributed by atoms with van der Waals surface area (Å²) >= 11 is 0. The van der Waals surface area contributed by atoms with Gasteiger partial charge in [-0.1, -0.05) is 24.3 Å². The van der Waals surface area contributed by atoms with Gasteiger partial charge in [-0.25, -0.2) is 0 Å². The number of amides is 1. The van der Waals surface area contributed by atoms with Crippen molar-refractivity contribution < 1.29 is 19.1 Å². The van der Waals surface area contributed by atoms with E-state index in [-0.39, 0.29) is 18.1 Å². The lowest BCUT2D eigenvalue weighted by molar-refractivity contribution is -0.137. The molecule has 1 amide bonds. The van der Waals surface area contributed by atoms with Crippen LogP contribution in [-0.2, 0) is 9.59 Å². The number of carbonyl (C=O) groups excluding carboxylic acids is 3. The van der Waals surface area contributed by atoms with Crippen LogP contribution >= 0.6 is 0 Å². The maximum absolute atomic E-state index is 12.4. The Morgan fingerprint density at radius 1 is 1.00 bits per heavy atom. The van der Waals surface area contributed by atoms with Crippen LogP contribution in [0.5, 0.6) is 5.75 Å². The third kappa shape index (κ3) is 3.72. The molecule has 0 saturated heterocycles. The zero-order valence-corrected chi connectivity index (χ0v) is 14.6. The summed E-state index contributed by atoms with van der Waals surface area (Å²) in [4.78, 5) is 37.2. The van der Waals surface area contributed by atoms with Crippen LogP contribution in [0.25, 0.3) is 6.08 Å². The number of ether oxygens (including phenoxy) is 1. The first-order valence-electron chi connectivity index (χ1n) is 8.33. The van der Waals surface area contributed by atoms with Crippen molar-refractivity contribution in [3.05, 3.63) is 71.4 Å². The molecule has 1 aliphatic heterocycles. The fourth-order valence-corrected chi connectivity index (χ4v) is 3.00. The standard InChI is InChI=1S/C21H19NO4/c1-14(23)16-7-9-18(10-8-16)26-21(25)13-20-19-6-4-3-5-17(19)11-12-22(20)15(2)24/h3-12,20H,13H2,1-2H3/t20-/m1/s1. The smallest absolute Gasteiger partial charge is 0.313 e. The summed E-state index contributed by atoms with van der Waals surface area (Å²) in [6.07, 6.45) is 3.60. The van der Waals surface area contributed by atoms with E-state index in [1.54, 1.807) is 35.4 Å². The molecule has 0 fully saturated rings. The van der Waals surface area contributed by atoms with Crippen molar-refractivity contribution in [2.75, 3.05) is 0 Å². The van der Waals surface area contributed by atoms with Crippen LogP contribution in [0.2, 0.25) is 0 Å². The van der Waals surface area contributed by atoms with Crippen molar-refractivity contribution in [1.29, 1.82) is 0 Å². The number of hydrogen-bond donors (Lipinski definition) is 0. The van der Waals surface area contributed by atoms with Crippen molar-refractivity contribution >= 4 is 23.7 Å². The quantitative estimate of drug-likeness (QED) is 0.479. The van der Waals surface area contributed by atoms with Gasteiger partial charge in [0.05, 0.1) is 12.5 Å². The van der Waals surface area contributed by atoms with Crippen molar-refractivity contribution in [3.8, 4) is 5.75 Å². The molecule has 0 N–H and O–H groups in total. The fourth-order valence-electron chi connectivity index (χ4n) is 3.00. The summed E-state index contributed by atoms with van der Waals surface area (Å²) in [7, 11) is 0. The number of ketones is 1. The lowest BCUT2D eigenvalue weighted by Gasteiger charge is -2.32. The van der Waals surface area contributed by atoms with E-state index in [9.17, 15) is 14.4 Å². The lowest BCUT2D eigenvalue weighted by atomic mass is 9.94. The molecule has 0 spiro atoms. The molecule has 26 heavy (non-hydrogen) atoms. The molecular formula is C21H19NO4. The van der Waals surface area contributed by atoms with Gasteiger partial charge >= 0.3 is 5.97 Å². The van der Waals surface area contributed by atoms with E-state index in [1.165, 1.54) is 13.8 Å². The number of fused-ring (bicyclic) bond motifs is 1. The topological polar surface area (TPSA) is 63.7 Å². The van der Waals surface area contributed by atoms with Gasteiger partial charge in [0, 0.05) is 18.7 Å². The van der Waals surface area contributed by atoms with Crippen molar-refractivity contribution in [2.24, 2.45) is 0 Å². The second-order valence-corrected chi connectivity index (χ2v) is 6.15. The SMILES string of the molecule is CC(=O)c1ccc(OC(=O)C[C@@H]2c3ccccc3C=CN2C(C)=O)cc1. The van der Waals surface area contributed by atoms with Gasteiger partial charge in [-0.3, -0.25) is 14.4 Å². The normalized spacial score (nSPS) is 15.3. The molecule has 5 nitrogen and oxygen atoms in total. The predicted molar refractivity (Wildman–Crippen MR) is 97.4 cm³/mol. The Morgan fingerprint density at radius 2 is 1.69 bits per heavy atom. The summed E-state index contributed by atoms with van der Waals surface area (Å²) in [5.41, 5.74) is 2.45. The predicted octanol–water partition coefficient (Wildman–Crippen LogP) is 3.76. The number of carbonyl (C=O) groups is 3. The minimum Gasteiger partial charge on any atom is -0.426 e. The largest absolute Gasteiger partial charge is 0.426 e. The highest BCUT2D eigenvalue weighted by molar-refractivity contribution is 5.94. The van der Waals surface area contributed by atoms with Gasteiger partial charge in [0.25, 0.3) is 0 Å². The molecule has 0 unspecified atom stereocenters. The molecular weight excluding hydrogens is 330 g/mol. The first-order valence-corrected chi connectivity index (χ1v) is 8.33. The van der Waals surface area contributed by atoms with Gasteiger partial charge in [-0.15, -0.1) is 0 Å². The Labute approximate surface area is 151 Å². The molecule has 0 aromatic heterocycles.